The molecule has 0 aromatic carbocycles. The highest BCUT2D eigenvalue weighted by Crippen LogP contribution is 2.20. The van der Waals surface area contributed by atoms with Gasteiger partial charge >= 0.3 is 0 Å². The van der Waals surface area contributed by atoms with Crippen molar-refractivity contribution in [2.75, 3.05) is 112 Å². The van der Waals surface area contributed by atoms with E-state index in [2.05, 4.69) is 146 Å². The van der Waals surface area contributed by atoms with Crippen molar-refractivity contribution in [2.24, 2.45) is 0 Å². The quantitative estimate of drug-likeness (QED) is 0.289. The molecule has 5 rings (SSSR count). The fraction of sp³-hybridized carbons (Fsp3) is 1.00. The summed E-state index contributed by atoms with van der Waals surface area (Å²) < 4.78 is 5.25. The maximum absolute atomic E-state index is 5.25. The standard InChI is InChI=1S/C9H20N2.C9H19N.C8H18N2.C8H17NO.C8H17N/c1-9(2,3)11-7-5-10(4)6-8-11;1-9(2,3)10-7-5-4-6-8-10;1-8(2,3)10-6-4-9-5-7-10;1-8(2,3)9-4-6-10-7-5-9;1-8(2,3)9-6-4-5-7-9/h5-8H2,1-4H3;4-8H2,1-3H3;9H,4-7H2,1-3H3;4-7H2,1-3H3;4-7H2,1-3H3. The Morgan fingerprint density at radius 1 is 0.340 bits per heavy atom. The van der Waals surface area contributed by atoms with Crippen LogP contribution in [-0.4, -0.2) is 169 Å². The second kappa shape index (κ2) is 22.2. The minimum absolute atomic E-state index is 0.323. The maximum atomic E-state index is 5.25. The lowest BCUT2D eigenvalue weighted by Gasteiger charge is -2.41. The number of rotatable bonds is 0. The van der Waals surface area contributed by atoms with E-state index < -0.39 is 0 Å². The molecule has 0 radical (unpaired) electrons. The molecule has 8 heteroatoms. The van der Waals surface area contributed by atoms with Gasteiger partial charge in [0, 0.05) is 93.1 Å². The molecule has 0 saturated carbocycles. The molecule has 0 unspecified atom stereocenters. The van der Waals surface area contributed by atoms with Crippen LogP contribution in [0.2, 0.25) is 0 Å². The van der Waals surface area contributed by atoms with Crippen molar-refractivity contribution in [3.63, 3.8) is 0 Å². The maximum Gasteiger partial charge on any atom is 0.0594 e. The highest BCUT2D eigenvalue weighted by Gasteiger charge is 2.26. The highest BCUT2D eigenvalue weighted by atomic mass is 16.5. The van der Waals surface area contributed by atoms with E-state index in [4.69, 9.17) is 4.74 Å². The number of nitrogens with one attached hydrogen (secondary N) is 1. The average Bonchev–Trinajstić information content (AvgIpc) is 3.59. The molecule has 8 nitrogen and oxygen atoms in total. The van der Waals surface area contributed by atoms with Gasteiger partial charge in [0.15, 0.2) is 0 Å². The van der Waals surface area contributed by atoms with Crippen LogP contribution < -0.4 is 5.32 Å². The SMILES string of the molecule is CC(C)(C)N1CCCC1.CC(C)(C)N1CCCCC1.CC(C)(C)N1CCNCC1.CC(C)(C)N1CCOCC1.CN1CCN(C(C)(C)C)CC1. The van der Waals surface area contributed by atoms with Crippen molar-refractivity contribution < 1.29 is 4.74 Å². The summed E-state index contributed by atoms with van der Waals surface area (Å²) in [5.41, 5.74) is 1.87. The third-order valence-electron chi connectivity index (χ3n) is 10.8. The third-order valence-corrected chi connectivity index (χ3v) is 10.8. The summed E-state index contributed by atoms with van der Waals surface area (Å²) >= 11 is 0. The van der Waals surface area contributed by atoms with Crippen molar-refractivity contribution in [1.29, 1.82) is 0 Å². The van der Waals surface area contributed by atoms with Gasteiger partial charge in [0.05, 0.1) is 13.2 Å². The molecule has 5 aliphatic rings. The van der Waals surface area contributed by atoms with Gasteiger partial charge in [-0.3, -0.25) is 24.5 Å². The normalized spacial score (nSPS) is 23.3. The van der Waals surface area contributed by atoms with Gasteiger partial charge in [-0.1, -0.05) is 6.42 Å². The van der Waals surface area contributed by atoms with E-state index in [0.29, 0.717) is 27.7 Å². The molecule has 0 amide bonds. The number of piperidine rings is 1. The summed E-state index contributed by atoms with van der Waals surface area (Å²) in [6, 6.07) is 0. The Kier molecular flexibility index (Phi) is 21.1. The fourth-order valence-corrected chi connectivity index (χ4v) is 7.00. The molecule has 5 fully saturated rings. The molecule has 5 heterocycles. The van der Waals surface area contributed by atoms with Crippen LogP contribution in [0.4, 0.5) is 0 Å². The molecular weight excluding hydrogens is 619 g/mol. The zero-order valence-electron chi connectivity index (χ0n) is 36.9. The van der Waals surface area contributed by atoms with E-state index in [-0.39, 0.29) is 0 Å². The van der Waals surface area contributed by atoms with E-state index in [0.717, 1.165) is 39.4 Å². The fourth-order valence-electron chi connectivity index (χ4n) is 7.00. The molecule has 300 valence electrons. The Labute approximate surface area is 314 Å². The number of morpholine rings is 1. The lowest BCUT2D eigenvalue weighted by atomic mass is 10.0. The van der Waals surface area contributed by atoms with Crippen molar-refractivity contribution in [3.8, 4) is 0 Å². The Morgan fingerprint density at radius 3 is 0.900 bits per heavy atom. The monoisotopic (exact) mass is 710 g/mol. The number of ether oxygens (including phenoxy) is 1. The predicted molar refractivity (Wildman–Crippen MR) is 221 cm³/mol. The minimum atomic E-state index is 0.323. The molecule has 0 aromatic rings. The van der Waals surface area contributed by atoms with Crippen molar-refractivity contribution >= 4 is 0 Å². The first kappa shape index (κ1) is 47.7. The van der Waals surface area contributed by atoms with Gasteiger partial charge in [-0.05, 0) is 163 Å². The van der Waals surface area contributed by atoms with Crippen molar-refractivity contribution in [2.45, 2.75) is 164 Å². The van der Waals surface area contributed by atoms with Gasteiger partial charge < -0.3 is 15.0 Å². The van der Waals surface area contributed by atoms with E-state index in [1.165, 1.54) is 97.6 Å². The number of hydrogen-bond acceptors (Lipinski definition) is 8. The molecular formula is C42H91N7O. The molecule has 0 aliphatic carbocycles. The summed E-state index contributed by atoms with van der Waals surface area (Å²) in [5.74, 6) is 0. The topological polar surface area (TPSA) is 40.7 Å². The van der Waals surface area contributed by atoms with Crippen molar-refractivity contribution in [1.82, 2.24) is 34.7 Å². The number of nitrogens with zero attached hydrogens (tertiary/aromatic N) is 6. The van der Waals surface area contributed by atoms with Crippen LogP contribution in [0.15, 0.2) is 0 Å². The van der Waals surface area contributed by atoms with Crippen molar-refractivity contribution in [3.05, 3.63) is 0 Å². The van der Waals surface area contributed by atoms with Crippen LogP contribution >= 0.6 is 0 Å². The lowest BCUT2D eigenvalue weighted by Crippen LogP contribution is -2.52. The predicted octanol–water partition coefficient (Wildman–Crippen LogP) is 6.99. The van der Waals surface area contributed by atoms with Crippen LogP contribution in [0.5, 0.6) is 0 Å². The number of piperazine rings is 2. The number of hydrogen-bond donors (Lipinski definition) is 1. The van der Waals surface area contributed by atoms with Crippen LogP contribution in [0.3, 0.4) is 0 Å². The second-order valence-corrected chi connectivity index (χ2v) is 20.2. The van der Waals surface area contributed by atoms with Gasteiger partial charge in [0.2, 0.25) is 0 Å². The first-order valence-corrected chi connectivity index (χ1v) is 20.6. The van der Waals surface area contributed by atoms with E-state index in [1.54, 1.807) is 0 Å². The zero-order valence-corrected chi connectivity index (χ0v) is 36.9. The first-order chi connectivity index (χ1) is 22.9. The molecule has 0 spiro atoms. The van der Waals surface area contributed by atoms with E-state index >= 15 is 0 Å². The summed E-state index contributed by atoms with van der Waals surface area (Å²) in [5, 5.41) is 3.35. The molecule has 5 saturated heterocycles. The Balaban J connectivity index is 0.000000313. The summed E-state index contributed by atoms with van der Waals surface area (Å²) in [7, 11) is 2.19. The molecule has 0 aromatic heterocycles. The van der Waals surface area contributed by atoms with Gasteiger partial charge in [0.1, 0.15) is 0 Å². The molecule has 5 aliphatic heterocycles. The minimum Gasteiger partial charge on any atom is -0.379 e. The zero-order chi connectivity index (χ0) is 38.2. The summed E-state index contributed by atoms with van der Waals surface area (Å²) in [4.78, 5) is 15.0. The van der Waals surface area contributed by atoms with Crippen LogP contribution in [0.25, 0.3) is 0 Å². The van der Waals surface area contributed by atoms with E-state index in [9.17, 15) is 0 Å². The third kappa shape index (κ3) is 20.8. The average molecular weight is 710 g/mol. The summed E-state index contributed by atoms with van der Waals surface area (Å²) in [6.45, 7) is 53.0. The number of likely N-dealkylation sites (tertiary alicyclic amines) is 2. The van der Waals surface area contributed by atoms with Crippen LogP contribution in [0.1, 0.15) is 136 Å². The van der Waals surface area contributed by atoms with Gasteiger partial charge in [0.25, 0.3) is 0 Å². The van der Waals surface area contributed by atoms with Gasteiger partial charge in [-0.2, -0.15) is 0 Å². The molecule has 50 heavy (non-hydrogen) atoms. The smallest absolute Gasteiger partial charge is 0.0594 e. The molecule has 0 bridgehead atoms. The molecule has 0 atom stereocenters. The highest BCUT2D eigenvalue weighted by molar-refractivity contribution is 4.82. The number of likely N-dealkylation sites (N-methyl/N-ethyl adjacent to an activating group) is 1. The Bertz CT molecular complexity index is 763. The van der Waals surface area contributed by atoms with Crippen LogP contribution in [0, 0.1) is 0 Å². The largest absolute Gasteiger partial charge is 0.379 e. The van der Waals surface area contributed by atoms with E-state index in [1.807, 2.05) is 0 Å². The second-order valence-electron chi connectivity index (χ2n) is 20.2. The summed E-state index contributed by atoms with van der Waals surface area (Å²) in [6.07, 6.45) is 7.04. The van der Waals surface area contributed by atoms with Gasteiger partial charge in [-0.15, -0.1) is 0 Å². The lowest BCUT2D eigenvalue weighted by molar-refractivity contribution is -0.00389. The van der Waals surface area contributed by atoms with Crippen LogP contribution in [-0.2, 0) is 4.74 Å². The Morgan fingerprint density at radius 2 is 0.620 bits per heavy atom. The Hall–Kier alpha value is -0.320. The van der Waals surface area contributed by atoms with Gasteiger partial charge in [-0.25, -0.2) is 0 Å². The molecule has 1 N–H and O–H groups in total. The first-order valence-electron chi connectivity index (χ1n) is 20.6.